The van der Waals surface area contributed by atoms with E-state index < -0.39 is 20.0 Å². The molecule has 0 spiro atoms. The largest absolute Gasteiger partial charge is 0.419 e. The van der Waals surface area contributed by atoms with Crippen LogP contribution in [-0.2, 0) is 0 Å². The summed E-state index contributed by atoms with van der Waals surface area (Å²) in [7, 11) is 0. The smallest absolute Gasteiger partial charge is 0.166 e. The van der Waals surface area contributed by atoms with Crippen molar-refractivity contribution >= 4 is 58.0 Å². The predicted octanol–water partition coefficient (Wildman–Crippen LogP) is 4.61. The topological polar surface area (TPSA) is 0 Å². The molecule has 12 heavy (non-hydrogen) atoms. The van der Waals surface area contributed by atoms with Crippen molar-refractivity contribution in [2.75, 3.05) is 0 Å². The summed E-state index contributed by atoms with van der Waals surface area (Å²) in [6, 6.07) is 0. The van der Waals surface area contributed by atoms with Gasteiger partial charge in [-0.2, -0.15) is 13.2 Å². The fourth-order valence-electron chi connectivity index (χ4n) is 0.375. The van der Waals surface area contributed by atoms with Crippen molar-refractivity contribution in [3.05, 3.63) is 10.1 Å². The van der Waals surface area contributed by atoms with Crippen LogP contribution in [0.15, 0.2) is 10.1 Å². The van der Waals surface area contributed by atoms with Gasteiger partial charge in [0.2, 0.25) is 3.79 Å². The molecule has 0 aliphatic rings. The first kappa shape index (κ1) is 13.0. The molecule has 0 rings (SSSR count). The lowest BCUT2D eigenvalue weighted by Gasteiger charge is -2.18. The molecule has 0 saturated heterocycles. The molecule has 0 nitrogen and oxygen atoms in total. The number of halogens is 8. The van der Waals surface area contributed by atoms with Gasteiger partial charge in [-0.15, -0.1) is 0 Å². The molecule has 0 fully saturated rings. The van der Waals surface area contributed by atoms with E-state index >= 15 is 0 Å². The van der Waals surface area contributed by atoms with E-state index in [0.717, 1.165) is 0 Å². The fourth-order valence-corrected chi connectivity index (χ4v) is 1.77. The van der Waals surface area contributed by atoms with E-state index in [1.807, 2.05) is 0 Å². The van der Waals surface area contributed by atoms with Crippen molar-refractivity contribution in [1.29, 1.82) is 0 Å². The van der Waals surface area contributed by atoms with Crippen LogP contribution < -0.4 is 0 Å². The van der Waals surface area contributed by atoms with Crippen LogP contribution in [0.4, 0.5) is 13.2 Å². The third-order valence-electron chi connectivity index (χ3n) is 0.756. The van der Waals surface area contributed by atoms with Crippen LogP contribution in [0.5, 0.6) is 0 Å². The van der Waals surface area contributed by atoms with Crippen molar-refractivity contribution in [3.8, 4) is 0 Å². The molecule has 72 valence electrons. The van der Waals surface area contributed by atoms with Crippen molar-refractivity contribution < 1.29 is 13.2 Å². The van der Waals surface area contributed by atoms with Crippen molar-refractivity contribution in [2.45, 2.75) is 9.97 Å². The Balaban J connectivity index is 5.13. The highest BCUT2D eigenvalue weighted by Crippen LogP contribution is 2.46. The Hall–Kier alpha value is 0.980. The van der Waals surface area contributed by atoms with Gasteiger partial charge in [0.1, 0.15) is 10.1 Å². The first-order chi connectivity index (χ1) is 5.07. The molecule has 0 aliphatic heterocycles. The van der Waals surface area contributed by atoms with Gasteiger partial charge in [-0.1, -0.05) is 58.0 Å². The molecule has 0 aromatic rings. The van der Waals surface area contributed by atoms with Gasteiger partial charge in [0.15, 0.2) is 0 Å². The molecular weight excluding hydrogens is 282 g/mol. The normalized spacial score (nSPS) is 13.0. The zero-order chi connectivity index (χ0) is 10.2. The van der Waals surface area contributed by atoms with Gasteiger partial charge in [-0.3, -0.25) is 0 Å². The van der Waals surface area contributed by atoms with E-state index in [2.05, 4.69) is 0 Å². The summed E-state index contributed by atoms with van der Waals surface area (Å²) < 4.78 is 32.2. The Kier molecular flexibility index (Phi) is 4.34. The zero-order valence-electron chi connectivity index (χ0n) is 5.02. The van der Waals surface area contributed by atoms with Gasteiger partial charge in [0.25, 0.3) is 0 Å². The summed E-state index contributed by atoms with van der Waals surface area (Å²) >= 11 is 24.7. The number of alkyl halides is 6. The van der Waals surface area contributed by atoms with E-state index in [1.54, 1.807) is 0 Å². The van der Waals surface area contributed by atoms with Gasteiger partial charge >= 0.3 is 6.18 Å². The maximum absolute atomic E-state index is 12.0. The minimum Gasteiger partial charge on any atom is -0.166 e. The fraction of sp³-hybridized carbons (Fsp3) is 0.500. The monoisotopic (exact) mass is 280 g/mol. The second-order valence-electron chi connectivity index (χ2n) is 1.63. The predicted molar refractivity (Wildman–Crippen MR) is 45.1 cm³/mol. The Labute approximate surface area is 91.2 Å². The highest BCUT2D eigenvalue weighted by Gasteiger charge is 2.47. The zero-order valence-corrected chi connectivity index (χ0v) is 8.80. The van der Waals surface area contributed by atoms with Crippen molar-refractivity contribution in [3.63, 3.8) is 0 Å². The van der Waals surface area contributed by atoms with Gasteiger partial charge in [-0.25, -0.2) is 0 Å². The van der Waals surface area contributed by atoms with Crippen LogP contribution in [0.2, 0.25) is 0 Å². The second kappa shape index (κ2) is 4.01. The summed E-state index contributed by atoms with van der Waals surface area (Å²) in [5, 5.41) is 0. The lowest BCUT2D eigenvalue weighted by molar-refractivity contribution is -0.0928. The van der Waals surface area contributed by atoms with Gasteiger partial charge in [-0.05, 0) is 0 Å². The van der Waals surface area contributed by atoms with Crippen LogP contribution in [0.1, 0.15) is 0 Å². The average molecular weight is 282 g/mol. The lowest BCUT2D eigenvalue weighted by atomic mass is 10.3. The Bertz CT molecular complexity index is 180. The van der Waals surface area contributed by atoms with Crippen LogP contribution >= 0.6 is 58.0 Å². The van der Waals surface area contributed by atoms with E-state index in [1.165, 1.54) is 0 Å². The molecule has 0 aromatic carbocycles. The third-order valence-corrected chi connectivity index (χ3v) is 1.70. The Morgan fingerprint density at radius 3 is 1.25 bits per heavy atom. The Morgan fingerprint density at radius 2 is 1.25 bits per heavy atom. The maximum Gasteiger partial charge on any atom is 0.419 e. The molecule has 0 aromatic heterocycles. The van der Waals surface area contributed by atoms with Crippen LogP contribution in [0.3, 0.4) is 0 Å². The summed E-state index contributed by atoms with van der Waals surface area (Å²) in [5.74, 6) is 0. The van der Waals surface area contributed by atoms with Gasteiger partial charge in [0.05, 0.1) is 0 Å². The lowest BCUT2D eigenvalue weighted by Crippen LogP contribution is -2.24. The summed E-state index contributed by atoms with van der Waals surface area (Å²) in [6.07, 6.45) is -4.86. The number of hydrogen-bond donors (Lipinski definition) is 0. The molecule has 0 N–H and O–H groups in total. The molecule has 0 unspecified atom stereocenters. The highest BCUT2D eigenvalue weighted by atomic mass is 35.6. The molecule has 0 atom stereocenters. The standard InChI is InChI=1S/C4Cl5F3/c5-2(6)1(3(7,8)9)4(10,11)12. The number of hydrogen-bond acceptors (Lipinski definition) is 0. The summed E-state index contributed by atoms with van der Waals surface area (Å²) in [4.78, 5) is 0. The first-order valence-electron chi connectivity index (χ1n) is 2.26. The van der Waals surface area contributed by atoms with Crippen LogP contribution in [0, 0.1) is 0 Å². The average Bonchev–Trinajstić information content (AvgIpc) is 1.49. The van der Waals surface area contributed by atoms with Crippen LogP contribution in [-0.4, -0.2) is 9.97 Å². The number of rotatable bonds is 0. The Morgan fingerprint density at radius 1 is 0.917 bits per heavy atom. The molecular formula is C4Cl5F3. The van der Waals surface area contributed by atoms with Crippen molar-refractivity contribution in [1.82, 2.24) is 0 Å². The van der Waals surface area contributed by atoms with Crippen LogP contribution in [0.25, 0.3) is 0 Å². The van der Waals surface area contributed by atoms with Crippen molar-refractivity contribution in [2.24, 2.45) is 0 Å². The minimum absolute atomic E-state index is 1.11. The molecule has 0 radical (unpaired) electrons. The quantitative estimate of drug-likeness (QED) is 0.569. The number of allylic oxidation sites excluding steroid dienone is 1. The van der Waals surface area contributed by atoms with E-state index in [-0.39, 0.29) is 0 Å². The van der Waals surface area contributed by atoms with E-state index in [9.17, 15) is 13.2 Å². The molecule has 0 saturated carbocycles. The van der Waals surface area contributed by atoms with E-state index in [0.29, 0.717) is 0 Å². The van der Waals surface area contributed by atoms with E-state index in [4.69, 9.17) is 58.0 Å². The SMILES string of the molecule is FC(F)(F)C(=C(Cl)Cl)C(Cl)(Cl)Cl. The van der Waals surface area contributed by atoms with Gasteiger partial charge < -0.3 is 0 Å². The second-order valence-corrected chi connectivity index (χ2v) is 4.86. The molecule has 0 heterocycles. The minimum atomic E-state index is -4.86. The molecule has 0 bridgehead atoms. The van der Waals surface area contributed by atoms with Gasteiger partial charge in [0, 0.05) is 0 Å². The maximum atomic E-state index is 12.0. The third kappa shape index (κ3) is 3.79. The molecule has 8 heteroatoms. The molecule has 0 aliphatic carbocycles. The highest BCUT2D eigenvalue weighted by molar-refractivity contribution is 6.71. The summed E-state index contributed by atoms with van der Waals surface area (Å²) in [6.45, 7) is 0. The summed E-state index contributed by atoms with van der Waals surface area (Å²) in [5.41, 5.74) is -1.59. The molecule has 0 amide bonds. The first-order valence-corrected chi connectivity index (χ1v) is 4.15.